The van der Waals surface area contributed by atoms with Gasteiger partial charge < -0.3 is 5.32 Å². The second-order valence-corrected chi connectivity index (χ2v) is 9.88. The first-order valence-corrected chi connectivity index (χ1v) is 11.5. The number of benzene rings is 2. The molecule has 0 bridgehead atoms. The van der Waals surface area contributed by atoms with Crippen LogP contribution >= 0.6 is 24.0 Å². The number of nitrogens with zero attached hydrogens (tertiary/aromatic N) is 1. The summed E-state index contributed by atoms with van der Waals surface area (Å²) in [7, 11) is -3.58. The average Bonchev–Trinajstić information content (AvgIpc) is 2.69. The molecular weight excluding hydrogens is 415 g/mol. The molecule has 2 aliphatic heterocycles. The molecule has 2 heterocycles. The summed E-state index contributed by atoms with van der Waals surface area (Å²) >= 11 is 6.30. The summed E-state index contributed by atoms with van der Waals surface area (Å²) in [6.07, 6.45) is 2.80. The van der Waals surface area contributed by atoms with E-state index in [1.807, 2.05) is 6.07 Å². The molecule has 7 heteroatoms. The van der Waals surface area contributed by atoms with Crippen LogP contribution < -0.4 is 5.32 Å². The lowest BCUT2D eigenvalue weighted by Gasteiger charge is -2.40. The Bertz CT molecular complexity index is 914. The zero-order valence-corrected chi connectivity index (χ0v) is 18.1. The molecule has 1 fully saturated rings. The Morgan fingerprint density at radius 2 is 1.79 bits per heavy atom. The maximum Gasteiger partial charge on any atom is 0.196 e. The van der Waals surface area contributed by atoms with Crippen LogP contribution in [-0.4, -0.2) is 38.3 Å². The van der Waals surface area contributed by atoms with Crippen molar-refractivity contribution in [3.05, 3.63) is 64.7 Å². The molecule has 28 heavy (non-hydrogen) atoms. The molecule has 1 N–H and O–H groups in total. The zero-order valence-electron chi connectivity index (χ0n) is 15.7. The van der Waals surface area contributed by atoms with Gasteiger partial charge >= 0.3 is 0 Å². The van der Waals surface area contributed by atoms with Gasteiger partial charge in [-0.05, 0) is 49.1 Å². The van der Waals surface area contributed by atoms with E-state index in [1.54, 1.807) is 24.3 Å². The lowest BCUT2D eigenvalue weighted by molar-refractivity contribution is 0.162. The number of hydrogen-bond acceptors (Lipinski definition) is 4. The van der Waals surface area contributed by atoms with Gasteiger partial charge in [0.15, 0.2) is 9.84 Å². The number of fused-ring (bicyclic) bond motifs is 1. The van der Waals surface area contributed by atoms with Gasteiger partial charge in [0.2, 0.25) is 0 Å². The van der Waals surface area contributed by atoms with Crippen molar-refractivity contribution in [3.8, 4) is 0 Å². The fraction of sp³-hybridized carbons (Fsp3) is 0.429. The third kappa shape index (κ3) is 4.24. The monoisotopic (exact) mass is 440 g/mol. The van der Waals surface area contributed by atoms with Crippen LogP contribution in [-0.2, 0) is 22.8 Å². The highest BCUT2D eigenvalue weighted by Gasteiger charge is 2.41. The minimum atomic E-state index is -3.58. The number of hydrogen-bond donors (Lipinski definition) is 1. The fourth-order valence-electron chi connectivity index (χ4n) is 4.41. The molecule has 0 aliphatic carbocycles. The summed E-state index contributed by atoms with van der Waals surface area (Å²) in [4.78, 5) is 2.40. The van der Waals surface area contributed by atoms with Crippen LogP contribution in [0.25, 0.3) is 0 Å². The van der Waals surface area contributed by atoms with E-state index in [0.717, 1.165) is 38.9 Å². The van der Waals surface area contributed by atoms with Gasteiger partial charge in [0, 0.05) is 25.6 Å². The Morgan fingerprint density at radius 3 is 2.50 bits per heavy atom. The number of piperidine rings is 1. The highest BCUT2D eigenvalue weighted by molar-refractivity contribution is 7.92. The van der Waals surface area contributed by atoms with Crippen molar-refractivity contribution in [2.45, 2.75) is 36.1 Å². The van der Waals surface area contributed by atoms with E-state index in [-0.39, 0.29) is 23.2 Å². The lowest BCUT2D eigenvalue weighted by atomic mass is 9.95. The van der Waals surface area contributed by atoms with Gasteiger partial charge in [0.1, 0.15) is 5.37 Å². The van der Waals surface area contributed by atoms with Crippen LogP contribution in [0.5, 0.6) is 0 Å². The van der Waals surface area contributed by atoms with E-state index in [2.05, 4.69) is 28.4 Å². The molecule has 4 rings (SSSR count). The molecule has 1 saturated heterocycles. The molecule has 0 spiro atoms. The van der Waals surface area contributed by atoms with Crippen LogP contribution in [0.4, 0.5) is 0 Å². The third-order valence-corrected chi connectivity index (χ3v) is 8.45. The van der Waals surface area contributed by atoms with Gasteiger partial charge in [-0.1, -0.05) is 48.0 Å². The molecular formula is C21H26Cl2N2O2S. The van der Waals surface area contributed by atoms with Crippen LogP contribution in [0.3, 0.4) is 0 Å². The van der Waals surface area contributed by atoms with Crippen molar-refractivity contribution in [1.29, 1.82) is 0 Å². The largest absolute Gasteiger partial charge is 0.316 e. The molecule has 2 aromatic carbocycles. The molecule has 0 amide bonds. The number of nitrogens with one attached hydrogen (secondary N) is 1. The quantitative estimate of drug-likeness (QED) is 0.782. The van der Waals surface area contributed by atoms with Crippen LogP contribution in [0, 0.1) is 5.92 Å². The molecule has 0 saturated carbocycles. The van der Waals surface area contributed by atoms with E-state index in [9.17, 15) is 8.42 Å². The maximum absolute atomic E-state index is 13.7. The topological polar surface area (TPSA) is 49.4 Å². The van der Waals surface area contributed by atoms with Crippen LogP contribution in [0.15, 0.2) is 53.4 Å². The first-order chi connectivity index (χ1) is 13.1. The summed E-state index contributed by atoms with van der Waals surface area (Å²) < 4.78 is 27.4. The summed E-state index contributed by atoms with van der Waals surface area (Å²) in [5.41, 5.74) is 2.55. The predicted octanol–water partition coefficient (Wildman–Crippen LogP) is 3.92. The summed E-state index contributed by atoms with van der Waals surface area (Å²) in [5.74, 6) is 0.0604. The molecule has 0 radical (unpaired) electrons. The highest BCUT2D eigenvalue weighted by atomic mass is 35.5. The standard InChI is InChI=1S/C21H25ClN2O2S.ClH/c22-19-9-3-4-10-20(19)27(25,26)21(17-8-5-12-23-14-17)24-13-11-16-6-1-2-7-18(16)15-24;/h1-4,6-7,9-10,17,21,23H,5,8,11-15H2;1H. The minimum Gasteiger partial charge on any atom is -0.316 e. The lowest BCUT2D eigenvalue weighted by Crippen LogP contribution is -2.52. The van der Waals surface area contributed by atoms with E-state index in [1.165, 1.54) is 11.1 Å². The van der Waals surface area contributed by atoms with Crippen LogP contribution in [0.1, 0.15) is 24.0 Å². The van der Waals surface area contributed by atoms with Crippen molar-refractivity contribution >= 4 is 33.8 Å². The summed E-state index contributed by atoms with van der Waals surface area (Å²) in [5, 5.41) is 3.14. The smallest absolute Gasteiger partial charge is 0.196 e. The van der Waals surface area contributed by atoms with Crippen molar-refractivity contribution in [1.82, 2.24) is 10.2 Å². The maximum atomic E-state index is 13.7. The molecule has 2 aromatic rings. The summed E-state index contributed by atoms with van der Waals surface area (Å²) in [6, 6.07) is 15.2. The van der Waals surface area contributed by atoms with E-state index in [4.69, 9.17) is 11.6 Å². The fourth-order valence-corrected chi connectivity index (χ4v) is 7.05. The van der Waals surface area contributed by atoms with Gasteiger partial charge in [0.25, 0.3) is 0 Å². The third-order valence-electron chi connectivity index (χ3n) is 5.72. The number of sulfone groups is 1. The van der Waals surface area contributed by atoms with Crippen molar-refractivity contribution in [2.75, 3.05) is 19.6 Å². The van der Waals surface area contributed by atoms with Gasteiger partial charge in [-0.2, -0.15) is 0 Å². The normalized spacial score (nSPS) is 21.4. The predicted molar refractivity (Wildman–Crippen MR) is 116 cm³/mol. The molecule has 152 valence electrons. The van der Waals surface area contributed by atoms with Crippen molar-refractivity contribution in [3.63, 3.8) is 0 Å². The van der Waals surface area contributed by atoms with E-state index >= 15 is 0 Å². The molecule has 4 nitrogen and oxygen atoms in total. The van der Waals surface area contributed by atoms with Crippen LogP contribution in [0.2, 0.25) is 5.02 Å². The minimum absolute atomic E-state index is 0. The molecule has 0 aromatic heterocycles. The van der Waals surface area contributed by atoms with Crippen molar-refractivity contribution in [2.24, 2.45) is 5.92 Å². The van der Waals surface area contributed by atoms with E-state index < -0.39 is 15.2 Å². The second kappa shape index (κ2) is 9.14. The first-order valence-electron chi connectivity index (χ1n) is 9.57. The Balaban J connectivity index is 0.00000225. The average molecular weight is 441 g/mol. The Morgan fingerprint density at radius 1 is 1.07 bits per heavy atom. The SMILES string of the molecule is Cl.O=S(=O)(c1ccccc1Cl)C(C1CCCNC1)N1CCc2ccccc2C1. The van der Waals surface area contributed by atoms with E-state index in [0.29, 0.717) is 11.6 Å². The Hall–Kier alpha value is -1.11. The second-order valence-electron chi connectivity index (χ2n) is 7.46. The van der Waals surface area contributed by atoms with Gasteiger partial charge in [-0.3, -0.25) is 4.90 Å². The molecule has 2 unspecified atom stereocenters. The molecule has 2 atom stereocenters. The number of halogens is 2. The number of rotatable bonds is 4. The Kier molecular flexibility index (Phi) is 7.05. The van der Waals surface area contributed by atoms with Crippen molar-refractivity contribution < 1.29 is 8.42 Å². The van der Waals surface area contributed by atoms with Gasteiger partial charge in [-0.25, -0.2) is 8.42 Å². The zero-order chi connectivity index (χ0) is 18.9. The summed E-state index contributed by atoms with van der Waals surface area (Å²) in [6.45, 7) is 3.10. The van der Waals surface area contributed by atoms with Gasteiger partial charge in [-0.15, -0.1) is 12.4 Å². The van der Waals surface area contributed by atoms with Gasteiger partial charge in [0.05, 0.1) is 9.92 Å². The molecule has 2 aliphatic rings. The highest BCUT2D eigenvalue weighted by Crippen LogP contribution is 2.34. The Labute approximate surface area is 178 Å². The first kappa shape index (κ1) is 21.6.